The molecule has 0 atom stereocenters. The Balaban J connectivity index is 2.75. The van der Waals surface area contributed by atoms with E-state index in [2.05, 4.69) is 4.74 Å². The minimum absolute atomic E-state index is 0.202. The van der Waals surface area contributed by atoms with E-state index in [4.69, 9.17) is 4.74 Å². The van der Waals surface area contributed by atoms with Crippen LogP contribution in [0.3, 0.4) is 0 Å². The summed E-state index contributed by atoms with van der Waals surface area (Å²) in [7, 11) is 1.35. The lowest BCUT2D eigenvalue weighted by atomic mass is 10.1. The molecular weight excluding hydrogens is 256 g/mol. The summed E-state index contributed by atoms with van der Waals surface area (Å²) in [6, 6.07) is 7.05. The molecule has 1 aromatic rings. The van der Waals surface area contributed by atoms with Crippen LogP contribution < -0.4 is 0 Å². The zero-order valence-corrected chi connectivity index (χ0v) is 12.3. The highest BCUT2D eigenvalue weighted by Gasteiger charge is 2.17. The largest absolute Gasteiger partial charge is 0.469 e. The lowest BCUT2D eigenvalue weighted by Crippen LogP contribution is -2.23. The van der Waals surface area contributed by atoms with Crippen molar-refractivity contribution in [1.82, 2.24) is 0 Å². The van der Waals surface area contributed by atoms with Crippen molar-refractivity contribution in [2.75, 3.05) is 7.11 Å². The highest BCUT2D eigenvalue weighted by atomic mass is 16.6. The Labute approximate surface area is 119 Å². The number of methoxy groups -OCH3 is 1. The van der Waals surface area contributed by atoms with E-state index >= 15 is 0 Å². The second kappa shape index (κ2) is 6.89. The summed E-state index contributed by atoms with van der Waals surface area (Å²) in [5.74, 6) is -0.662. The molecule has 0 radical (unpaired) electrons. The third-order valence-electron chi connectivity index (χ3n) is 2.34. The van der Waals surface area contributed by atoms with Gasteiger partial charge in [0.05, 0.1) is 19.1 Å². The Kier molecular flexibility index (Phi) is 5.50. The molecule has 0 fully saturated rings. The van der Waals surface area contributed by atoms with Gasteiger partial charge in [-0.1, -0.05) is 24.3 Å². The van der Waals surface area contributed by atoms with Crippen molar-refractivity contribution in [3.63, 3.8) is 0 Å². The summed E-state index contributed by atoms with van der Waals surface area (Å²) >= 11 is 0. The van der Waals surface area contributed by atoms with E-state index in [1.54, 1.807) is 30.4 Å². The molecule has 0 spiro atoms. The van der Waals surface area contributed by atoms with Gasteiger partial charge in [0, 0.05) is 0 Å². The van der Waals surface area contributed by atoms with Gasteiger partial charge in [-0.2, -0.15) is 0 Å². The highest BCUT2D eigenvalue weighted by molar-refractivity contribution is 5.90. The molecule has 1 rings (SSSR count). The summed E-state index contributed by atoms with van der Waals surface area (Å²) in [4.78, 5) is 22.9. The van der Waals surface area contributed by atoms with Crippen molar-refractivity contribution < 1.29 is 19.1 Å². The third kappa shape index (κ3) is 5.69. The van der Waals surface area contributed by atoms with Gasteiger partial charge < -0.3 is 9.47 Å². The van der Waals surface area contributed by atoms with Gasteiger partial charge in [0.15, 0.2) is 0 Å². The summed E-state index contributed by atoms with van der Waals surface area (Å²) in [6.07, 6.45) is 3.66. The van der Waals surface area contributed by atoms with E-state index in [1.165, 1.54) is 7.11 Å². The van der Waals surface area contributed by atoms with Crippen molar-refractivity contribution in [3.05, 3.63) is 41.5 Å². The molecular formula is C16H20O4. The van der Waals surface area contributed by atoms with E-state index in [0.29, 0.717) is 5.56 Å². The van der Waals surface area contributed by atoms with Gasteiger partial charge in [-0.05, 0) is 38.5 Å². The fourth-order valence-corrected chi connectivity index (χ4v) is 1.48. The fraction of sp³-hybridized carbons (Fsp3) is 0.375. The first kappa shape index (κ1) is 16.0. The van der Waals surface area contributed by atoms with E-state index in [1.807, 2.05) is 26.8 Å². The van der Waals surface area contributed by atoms with Gasteiger partial charge in [0.25, 0.3) is 0 Å². The number of ether oxygens (including phenoxy) is 2. The molecule has 0 saturated heterocycles. The van der Waals surface area contributed by atoms with Crippen LogP contribution in [0.15, 0.2) is 30.3 Å². The van der Waals surface area contributed by atoms with Gasteiger partial charge >= 0.3 is 11.9 Å². The molecule has 0 unspecified atom stereocenters. The highest BCUT2D eigenvalue weighted by Crippen LogP contribution is 2.14. The predicted molar refractivity (Wildman–Crippen MR) is 77.3 cm³/mol. The van der Waals surface area contributed by atoms with Crippen LogP contribution >= 0.6 is 0 Å². The van der Waals surface area contributed by atoms with Crippen molar-refractivity contribution in [1.29, 1.82) is 0 Å². The van der Waals surface area contributed by atoms with Gasteiger partial charge in [0.2, 0.25) is 0 Å². The first-order chi connectivity index (χ1) is 9.31. The van der Waals surface area contributed by atoms with Gasteiger partial charge in [-0.15, -0.1) is 0 Å². The van der Waals surface area contributed by atoms with Crippen LogP contribution in [0.2, 0.25) is 0 Å². The van der Waals surface area contributed by atoms with Gasteiger partial charge in [-0.3, -0.25) is 4.79 Å². The number of benzene rings is 1. The smallest absolute Gasteiger partial charge is 0.338 e. The molecule has 0 amide bonds. The molecule has 0 aliphatic carbocycles. The molecule has 0 heterocycles. The average molecular weight is 276 g/mol. The monoisotopic (exact) mass is 276 g/mol. The SMILES string of the molecule is COC(=O)CC=Cc1cccc(C(=O)OC(C)(C)C)c1. The molecule has 0 aromatic heterocycles. The summed E-state index contributed by atoms with van der Waals surface area (Å²) in [5, 5.41) is 0. The number of rotatable bonds is 4. The minimum atomic E-state index is -0.520. The number of carbonyl (C=O) groups is 2. The maximum atomic E-state index is 11.9. The van der Waals surface area contributed by atoms with E-state index < -0.39 is 5.60 Å². The first-order valence-electron chi connectivity index (χ1n) is 6.38. The number of hydrogen-bond donors (Lipinski definition) is 0. The Bertz CT molecular complexity index is 509. The summed E-state index contributed by atoms with van der Waals surface area (Å²) in [6.45, 7) is 5.47. The van der Waals surface area contributed by atoms with Crippen molar-refractivity contribution >= 4 is 18.0 Å². The van der Waals surface area contributed by atoms with E-state index in [0.717, 1.165) is 5.56 Å². The first-order valence-corrected chi connectivity index (χ1v) is 6.38. The molecule has 0 aliphatic heterocycles. The second-order valence-electron chi connectivity index (χ2n) is 5.31. The lowest BCUT2D eigenvalue weighted by Gasteiger charge is -2.19. The molecule has 0 saturated carbocycles. The molecule has 108 valence electrons. The molecule has 1 aromatic carbocycles. The zero-order chi connectivity index (χ0) is 15.2. The van der Waals surface area contributed by atoms with Crippen molar-refractivity contribution in [2.45, 2.75) is 32.8 Å². The Hall–Kier alpha value is -2.10. The standard InChI is InChI=1S/C16H20O4/c1-16(2,3)20-15(18)13-9-5-7-12(11-13)8-6-10-14(17)19-4/h5-9,11H,10H2,1-4H3. The quantitative estimate of drug-likeness (QED) is 0.792. The predicted octanol–water partition coefficient (Wildman–Crippen LogP) is 3.22. The minimum Gasteiger partial charge on any atom is -0.469 e. The Morgan fingerprint density at radius 2 is 1.95 bits per heavy atom. The summed E-state index contributed by atoms with van der Waals surface area (Å²) < 4.78 is 9.84. The molecule has 4 heteroatoms. The molecule has 0 N–H and O–H groups in total. The van der Waals surface area contributed by atoms with Crippen LogP contribution in [0.5, 0.6) is 0 Å². The van der Waals surface area contributed by atoms with Crippen LogP contribution in [0.25, 0.3) is 6.08 Å². The molecule has 20 heavy (non-hydrogen) atoms. The Morgan fingerprint density at radius 1 is 1.25 bits per heavy atom. The topological polar surface area (TPSA) is 52.6 Å². The lowest BCUT2D eigenvalue weighted by molar-refractivity contribution is -0.139. The van der Waals surface area contributed by atoms with Crippen molar-refractivity contribution in [2.24, 2.45) is 0 Å². The van der Waals surface area contributed by atoms with E-state index in [-0.39, 0.29) is 18.4 Å². The normalized spacial score (nSPS) is 11.4. The van der Waals surface area contributed by atoms with Crippen LogP contribution in [-0.4, -0.2) is 24.6 Å². The maximum absolute atomic E-state index is 11.9. The number of hydrogen-bond acceptors (Lipinski definition) is 4. The molecule has 0 aliphatic rings. The van der Waals surface area contributed by atoms with Gasteiger partial charge in [0.1, 0.15) is 5.60 Å². The van der Waals surface area contributed by atoms with Crippen LogP contribution in [0, 0.1) is 0 Å². The van der Waals surface area contributed by atoms with Crippen LogP contribution in [-0.2, 0) is 14.3 Å². The van der Waals surface area contributed by atoms with Crippen LogP contribution in [0.1, 0.15) is 43.1 Å². The van der Waals surface area contributed by atoms with Crippen LogP contribution in [0.4, 0.5) is 0 Å². The second-order valence-corrected chi connectivity index (χ2v) is 5.31. The molecule has 0 bridgehead atoms. The Morgan fingerprint density at radius 3 is 2.55 bits per heavy atom. The van der Waals surface area contributed by atoms with Gasteiger partial charge in [-0.25, -0.2) is 4.79 Å². The summed E-state index contributed by atoms with van der Waals surface area (Å²) in [5.41, 5.74) is 0.797. The maximum Gasteiger partial charge on any atom is 0.338 e. The van der Waals surface area contributed by atoms with E-state index in [9.17, 15) is 9.59 Å². The third-order valence-corrected chi connectivity index (χ3v) is 2.34. The fourth-order valence-electron chi connectivity index (χ4n) is 1.48. The average Bonchev–Trinajstić information content (AvgIpc) is 2.37. The molecule has 4 nitrogen and oxygen atoms in total. The number of esters is 2. The number of carbonyl (C=O) groups excluding carboxylic acids is 2. The zero-order valence-electron chi connectivity index (χ0n) is 12.3. The van der Waals surface area contributed by atoms with Crippen molar-refractivity contribution in [3.8, 4) is 0 Å².